The molecule has 2 N–H and O–H groups in total. The van der Waals surface area contributed by atoms with Gasteiger partial charge in [0.25, 0.3) is 0 Å². The van der Waals surface area contributed by atoms with Crippen LogP contribution in [0, 0.1) is 0 Å². The van der Waals surface area contributed by atoms with Crippen LogP contribution in [0.1, 0.15) is 24.5 Å². The van der Waals surface area contributed by atoms with Crippen LogP contribution in [0.15, 0.2) is 42.5 Å². The van der Waals surface area contributed by atoms with Crippen molar-refractivity contribution < 1.29 is 19.4 Å². The first-order valence-corrected chi connectivity index (χ1v) is 10.9. The van der Waals surface area contributed by atoms with Gasteiger partial charge in [0.1, 0.15) is 12.6 Å². The van der Waals surface area contributed by atoms with Crippen molar-refractivity contribution in [3.8, 4) is 11.5 Å². The van der Waals surface area contributed by atoms with Crippen molar-refractivity contribution in [3.63, 3.8) is 0 Å². The summed E-state index contributed by atoms with van der Waals surface area (Å²) in [6.45, 7) is 3.28. The van der Waals surface area contributed by atoms with E-state index in [9.17, 15) is 9.90 Å². The molecule has 152 valence electrons. The number of nitrogens with one attached hydrogen (secondary N) is 1. The van der Waals surface area contributed by atoms with Gasteiger partial charge in [-0.25, -0.2) is 0 Å². The summed E-state index contributed by atoms with van der Waals surface area (Å²) in [7, 11) is 0. The molecule has 0 radical (unpaired) electrons. The van der Waals surface area contributed by atoms with Gasteiger partial charge in [0.15, 0.2) is 11.5 Å². The SMILES string of the molecule is CCOc1cc(CNC(CCSC)C(=O)O)ccc1OCc1ccc(Cl)cc1. The molecule has 0 fully saturated rings. The number of rotatable bonds is 12. The fraction of sp³-hybridized carbons (Fsp3) is 0.381. The summed E-state index contributed by atoms with van der Waals surface area (Å²) in [4.78, 5) is 11.4. The van der Waals surface area contributed by atoms with Gasteiger partial charge in [0, 0.05) is 11.6 Å². The molecule has 0 bridgehead atoms. The molecule has 1 unspecified atom stereocenters. The lowest BCUT2D eigenvalue weighted by Gasteiger charge is -2.16. The average Bonchev–Trinajstić information content (AvgIpc) is 2.68. The van der Waals surface area contributed by atoms with Gasteiger partial charge in [-0.15, -0.1) is 0 Å². The van der Waals surface area contributed by atoms with Gasteiger partial charge in [-0.3, -0.25) is 4.79 Å². The third-order valence-corrected chi connectivity index (χ3v) is 4.97. The Morgan fingerprint density at radius 2 is 1.86 bits per heavy atom. The average molecular weight is 424 g/mol. The van der Waals surface area contributed by atoms with Crippen LogP contribution < -0.4 is 14.8 Å². The van der Waals surface area contributed by atoms with E-state index in [1.165, 1.54) is 0 Å². The number of halogens is 1. The van der Waals surface area contributed by atoms with Gasteiger partial charge >= 0.3 is 5.97 Å². The van der Waals surface area contributed by atoms with Crippen molar-refractivity contribution in [1.29, 1.82) is 0 Å². The first kappa shape index (κ1) is 22.4. The Morgan fingerprint density at radius 1 is 1.14 bits per heavy atom. The highest BCUT2D eigenvalue weighted by atomic mass is 35.5. The van der Waals surface area contributed by atoms with Crippen molar-refractivity contribution in [1.82, 2.24) is 5.32 Å². The predicted molar refractivity (Wildman–Crippen MR) is 115 cm³/mol. The fourth-order valence-corrected chi connectivity index (χ4v) is 3.18. The van der Waals surface area contributed by atoms with Crippen LogP contribution in [-0.4, -0.2) is 35.7 Å². The van der Waals surface area contributed by atoms with E-state index in [2.05, 4.69) is 5.32 Å². The summed E-state index contributed by atoms with van der Waals surface area (Å²) >= 11 is 7.54. The molecule has 0 saturated heterocycles. The Labute approximate surface area is 175 Å². The number of aliphatic carboxylic acids is 1. The summed E-state index contributed by atoms with van der Waals surface area (Å²) in [5, 5.41) is 13.1. The van der Waals surface area contributed by atoms with Crippen LogP contribution in [0.2, 0.25) is 5.02 Å². The lowest BCUT2D eigenvalue weighted by Crippen LogP contribution is -2.36. The molecule has 0 aliphatic heterocycles. The van der Waals surface area contributed by atoms with Gasteiger partial charge < -0.3 is 19.9 Å². The largest absolute Gasteiger partial charge is 0.490 e. The topological polar surface area (TPSA) is 67.8 Å². The lowest BCUT2D eigenvalue weighted by atomic mass is 10.1. The summed E-state index contributed by atoms with van der Waals surface area (Å²) in [6.07, 6.45) is 2.55. The van der Waals surface area contributed by atoms with E-state index in [1.807, 2.05) is 55.6 Å². The number of thioether (sulfide) groups is 1. The van der Waals surface area contributed by atoms with Crippen molar-refractivity contribution >= 4 is 29.3 Å². The molecule has 0 saturated carbocycles. The van der Waals surface area contributed by atoms with Crippen LogP contribution >= 0.6 is 23.4 Å². The molecule has 7 heteroatoms. The van der Waals surface area contributed by atoms with Gasteiger partial charge in [-0.05, 0) is 60.7 Å². The molecule has 0 spiro atoms. The van der Waals surface area contributed by atoms with Crippen molar-refractivity contribution in [2.24, 2.45) is 0 Å². The minimum absolute atomic E-state index is 0.407. The number of carboxylic acids is 1. The third kappa shape index (κ3) is 7.26. The molecule has 0 aliphatic rings. The first-order chi connectivity index (χ1) is 13.5. The van der Waals surface area contributed by atoms with E-state index >= 15 is 0 Å². The number of ether oxygens (including phenoxy) is 2. The maximum absolute atomic E-state index is 11.4. The summed E-state index contributed by atoms with van der Waals surface area (Å²) in [5.41, 5.74) is 1.95. The van der Waals surface area contributed by atoms with Crippen LogP contribution in [-0.2, 0) is 17.9 Å². The molecule has 2 rings (SSSR count). The molecule has 5 nitrogen and oxygen atoms in total. The monoisotopic (exact) mass is 423 g/mol. The Kier molecular flexibility index (Phi) is 9.47. The molecule has 0 heterocycles. The number of hydrogen-bond acceptors (Lipinski definition) is 5. The standard InChI is InChI=1S/C21H26ClNO4S/c1-3-26-20-12-16(13-23-18(21(24)25)10-11-28-2)6-9-19(20)27-14-15-4-7-17(22)8-5-15/h4-9,12,18,23H,3,10-11,13-14H2,1-2H3,(H,24,25). The molecule has 2 aromatic carbocycles. The Bertz CT molecular complexity index is 755. The molecule has 0 amide bonds. The summed E-state index contributed by atoms with van der Waals surface area (Å²) < 4.78 is 11.6. The highest BCUT2D eigenvalue weighted by Gasteiger charge is 2.16. The Hall–Kier alpha value is -1.89. The maximum Gasteiger partial charge on any atom is 0.320 e. The van der Waals surface area contributed by atoms with E-state index in [0.29, 0.717) is 42.7 Å². The van der Waals surface area contributed by atoms with Crippen molar-refractivity contribution in [2.75, 3.05) is 18.6 Å². The Balaban J connectivity index is 2.02. The highest BCUT2D eigenvalue weighted by molar-refractivity contribution is 7.98. The molecular formula is C21H26ClNO4S. The lowest BCUT2D eigenvalue weighted by molar-refractivity contribution is -0.139. The second-order valence-electron chi connectivity index (χ2n) is 6.18. The smallest absolute Gasteiger partial charge is 0.320 e. The zero-order chi connectivity index (χ0) is 20.4. The van der Waals surface area contributed by atoms with Crippen LogP contribution in [0.3, 0.4) is 0 Å². The second-order valence-corrected chi connectivity index (χ2v) is 7.60. The van der Waals surface area contributed by atoms with Gasteiger partial charge in [-0.1, -0.05) is 29.8 Å². The third-order valence-electron chi connectivity index (χ3n) is 4.08. The zero-order valence-electron chi connectivity index (χ0n) is 16.1. The number of benzene rings is 2. The van der Waals surface area contributed by atoms with E-state index in [-0.39, 0.29) is 0 Å². The second kappa shape index (κ2) is 11.8. The minimum Gasteiger partial charge on any atom is -0.490 e. The predicted octanol–water partition coefficient (Wildman–Crippen LogP) is 4.61. The molecule has 2 aromatic rings. The van der Waals surface area contributed by atoms with Crippen molar-refractivity contribution in [2.45, 2.75) is 32.5 Å². The fourth-order valence-electron chi connectivity index (χ4n) is 2.58. The highest BCUT2D eigenvalue weighted by Crippen LogP contribution is 2.29. The minimum atomic E-state index is -0.831. The van der Waals surface area contributed by atoms with Crippen LogP contribution in [0.25, 0.3) is 0 Å². The first-order valence-electron chi connectivity index (χ1n) is 9.11. The number of hydrogen-bond donors (Lipinski definition) is 2. The molecule has 0 aromatic heterocycles. The molecule has 28 heavy (non-hydrogen) atoms. The number of carbonyl (C=O) groups is 1. The molecule has 1 atom stereocenters. The van der Waals surface area contributed by atoms with E-state index in [0.717, 1.165) is 16.9 Å². The van der Waals surface area contributed by atoms with Crippen molar-refractivity contribution in [3.05, 3.63) is 58.6 Å². The quantitative estimate of drug-likeness (QED) is 0.519. The number of carboxylic acid groups (broad SMARTS) is 1. The summed E-state index contributed by atoms with van der Waals surface area (Å²) in [6, 6.07) is 12.6. The van der Waals surface area contributed by atoms with E-state index in [4.69, 9.17) is 21.1 Å². The maximum atomic E-state index is 11.4. The Morgan fingerprint density at radius 3 is 2.50 bits per heavy atom. The molecular weight excluding hydrogens is 398 g/mol. The van der Waals surface area contributed by atoms with E-state index in [1.54, 1.807) is 11.8 Å². The molecule has 0 aliphatic carbocycles. The normalized spacial score (nSPS) is 11.8. The van der Waals surface area contributed by atoms with Crippen LogP contribution in [0.4, 0.5) is 0 Å². The van der Waals surface area contributed by atoms with Gasteiger partial charge in [0.05, 0.1) is 6.61 Å². The van der Waals surface area contributed by atoms with E-state index < -0.39 is 12.0 Å². The van der Waals surface area contributed by atoms with Crippen LogP contribution in [0.5, 0.6) is 11.5 Å². The van der Waals surface area contributed by atoms with Gasteiger partial charge in [-0.2, -0.15) is 11.8 Å². The van der Waals surface area contributed by atoms with Gasteiger partial charge in [0.2, 0.25) is 0 Å². The zero-order valence-corrected chi connectivity index (χ0v) is 17.7. The summed E-state index contributed by atoms with van der Waals surface area (Å²) in [5.74, 6) is 1.26.